The number of thioether (sulfide) groups is 1. The lowest BCUT2D eigenvalue weighted by Gasteiger charge is -2.23. The van der Waals surface area contributed by atoms with Gasteiger partial charge >= 0.3 is 0 Å². The van der Waals surface area contributed by atoms with Crippen LogP contribution in [0.15, 0.2) is 65.8 Å². The van der Waals surface area contributed by atoms with Gasteiger partial charge in [-0.15, -0.1) is 10.2 Å². The lowest BCUT2D eigenvalue weighted by molar-refractivity contribution is -0.128. The number of carbonyl (C=O) groups excluding carboxylic acids is 1. The number of hydrogen-bond acceptors (Lipinski definition) is 5. The molecule has 152 valence electrons. The molecule has 0 spiro atoms. The average molecular weight is 410 g/mol. The van der Waals surface area contributed by atoms with Crippen LogP contribution < -0.4 is 5.73 Å². The molecule has 6 nitrogen and oxygen atoms in total. The fraction of sp³-hybridized carbons (Fsp3) is 0.318. The first kappa shape index (κ1) is 20.9. The first-order valence-electron chi connectivity index (χ1n) is 9.73. The highest BCUT2D eigenvalue weighted by Crippen LogP contribution is 2.23. The van der Waals surface area contributed by atoms with Crippen LogP contribution in [0.3, 0.4) is 0 Å². The Bertz CT molecular complexity index is 911. The Kier molecular flexibility index (Phi) is 7.30. The summed E-state index contributed by atoms with van der Waals surface area (Å²) >= 11 is 1.38. The van der Waals surface area contributed by atoms with Crippen LogP contribution in [-0.2, 0) is 17.8 Å². The van der Waals surface area contributed by atoms with Crippen molar-refractivity contribution in [3.8, 4) is 0 Å². The second-order valence-corrected chi connectivity index (χ2v) is 8.07. The number of nitrogens with two attached hydrogens (primary N) is 1. The minimum atomic E-state index is 0.0756. The molecule has 1 amide bonds. The van der Waals surface area contributed by atoms with Crippen molar-refractivity contribution < 1.29 is 4.79 Å². The SMILES string of the molecule is CC(C)n1c(N)nnc1SCC(=O)N(CCc1ccccc1)Cc1ccccc1. The number of anilines is 1. The highest BCUT2D eigenvalue weighted by Gasteiger charge is 2.18. The standard InChI is InChI=1S/C22H27N5OS/c1-17(2)27-21(23)24-25-22(27)29-16-20(28)26(15-19-11-7-4-8-12-19)14-13-18-9-5-3-6-10-18/h3-12,17H,13-16H2,1-2H3,(H2,23,24). The highest BCUT2D eigenvalue weighted by molar-refractivity contribution is 7.99. The van der Waals surface area contributed by atoms with E-state index in [1.807, 2.05) is 71.8 Å². The average Bonchev–Trinajstić information content (AvgIpc) is 3.11. The Morgan fingerprint density at radius 1 is 1.03 bits per heavy atom. The van der Waals surface area contributed by atoms with Crippen LogP contribution in [0.4, 0.5) is 5.95 Å². The van der Waals surface area contributed by atoms with E-state index < -0.39 is 0 Å². The molecule has 0 aliphatic carbocycles. The molecule has 29 heavy (non-hydrogen) atoms. The van der Waals surface area contributed by atoms with Crippen LogP contribution in [0.2, 0.25) is 0 Å². The molecule has 2 aromatic carbocycles. The smallest absolute Gasteiger partial charge is 0.233 e. The summed E-state index contributed by atoms with van der Waals surface area (Å²) in [4.78, 5) is 15.0. The zero-order valence-electron chi connectivity index (χ0n) is 16.9. The summed E-state index contributed by atoms with van der Waals surface area (Å²) in [5.41, 5.74) is 8.24. The molecule has 3 aromatic rings. The third-order valence-electron chi connectivity index (χ3n) is 4.61. The van der Waals surface area contributed by atoms with E-state index in [2.05, 4.69) is 22.3 Å². The number of rotatable bonds is 9. The molecule has 2 N–H and O–H groups in total. The maximum absolute atomic E-state index is 13.0. The van der Waals surface area contributed by atoms with Crippen LogP contribution >= 0.6 is 11.8 Å². The van der Waals surface area contributed by atoms with Gasteiger partial charge in [-0.05, 0) is 31.4 Å². The molecule has 0 fully saturated rings. The van der Waals surface area contributed by atoms with Crippen molar-refractivity contribution in [2.75, 3.05) is 18.0 Å². The predicted octanol–water partition coefficient (Wildman–Crippen LogP) is 3.80. The fourth-order valence-electron chi connectivity index (χ4n) is 3.09. The van der Waals surface area contributed by atoms with Gasteiger partial charge in [0.25, 0.3) is 0 Å². The Labute approximate surface area is 176 Å². The van der Waals surface area contributed by atoms with Crippen molar-refractivity contribution >= 4 is 23.6 Å². The van der Waals surface area contributed by atoms with E-state index in [1.165, 1.54) is 17.3 Å². The fourth-order valence-corrected chi connectivity index (χ4v) is 4.07. The molecule has 1 aromatic heterocycles. The van der Waals surface area contributed by atoms with E-state index in [-0.39, 0.29) is 11.9 Å². The van der Waals surface area contributed by atoms with Crippen LogP contribution in [0, 0.1) is 0 Å². The molecule has 0 aliphatic rings. The van der Waals surface area contributed by atoms with E-state index in [9.17, 15) is 4.79 Å². The van der Waals surface area contributed by atoms with Crippen molar-refractivity contribution in [3.63, 3.8) is 0 Å². The largest absolute Gasteiger partial charge is 0.368 e. The highest BCUT2D eigenvalue weighted by atomic mass is 32.2. The summed E-state index contributed by atoms with van der Waals surface area (Å²) in [5, 5.41) is 8.75. The number of aromatic nitrogens is 3. The number of amides is 1. The Balaban J connectivity index is 1.68. The zero-order valence-corrected chi connectivity index (χ0v) is 17.7. The first-order chi connectivity index (χ1) is 14.0. The maximum Gasteiger partial charge on any atom is 0.233 e. The molecule has 1 heterocycles. The summed E-state index contributed by atoms with van der Waals surface area (Å²) in [6.45, 7) is 5.30. The quantitative estimate of drug-likeness (QED) is 0.544. The second kappa shape index (κ2) is 10.1. The maximum atomic E-state index is 13.0. The summed E-state index contributed by atoms with van der Waals surface area (Å²) < 4.78 is 1.85. The molecule has 0 saturated carbocycles. The molecule has 0 aliphatic heterocycles. The van der Waals surface area contributed by atoms with Crippen molar-refractivity contribution in [2.45, 2.75) is 38.0 Å². The molecule has 0 atom stereocenters. The molecule has 0 saturated heterocycles. The molecule has 0 radical (unpaired) electrons. The van der Waals surface area contributed by atoms with Gasteiger partial charge in [-0.25, -0.2) is 0 Å². The topological polar surface area (TPSA) is 77.0 Å². The minimum Gasteiger partial charge on any atom is -0.368 e. The van der Waals surface area contributed by atoms with Crippen LogP contribution in [-0.4, -0.2) is 37.9 Å². The Morgan fingerprint density at radius 3 is 2.28 bits per heavy atom. The molecule has 3 rings (SSSR count). The summed E-state index contributed by atoms with van der Waals surface area (Å²) in [7, 11) is 0. The number of nitrogens with zero attached hydrogens (tertiary/aromatic N) is 4. The van der Waals surface area contributed by atoms with Crippen LogP contribution in [0.25, 0.3) is 0 Å². The molecule has 0 bridgehead atoms. The number of nitrogen functional groups attached to an aromatic ring is 1. The van der Waals surface area contributed by atoms with E-state index >= 15 is 0 Å². The van der Waals surface area contributed by atoms with Gasteiger partial charge in [-0.1, -0.05) is 72.4 Å². The second-order valence-electron chi connectivity index (χ2n) is 7.13. The lowest BCUT2D eigenvalue weighted by Crippen LogP contribution is -2.34. The van der Waals surface area contributed by atoms with Crippen LogP contribution in [0.5, 0.6) is 0 Å². The van der Waals surface area contributed by atoms with E-state index in [0.717, 1.165) is 12.0 Å². The van der Waals surface area contributed by atoms with Gasteiger partial charge in [-0.3, -0.25) is 9.36 Å². The van der Waals surface area contributed by atoms with Crippen molar-refractivity contribution in [1.29, 1.82) is 0 Å². The van der Waals surface area contributed by atoms with E-state index in [1.54, 1.807) is 0 Å². The Morgan fingerprint density at radius 2 is 1.66 bits per heavy atom. The van der Waals surface area contributed by atoms with Crippen molar-refractivity contribution in [1.82, 2.24) is 19.7 Å². The Hall–Kier alpha value is -2.80. The van der Waals surface area contributed by atoms with Crippen molar-refractivity contribution in [2.24, 2.45) is 0 Å². The van der Waals surface area contributed by atoms with E-state index in [4.69, 9.17) is 5.73 Å². The molecular formula is C22H27N5OS. The normalized spacial score (nSPS) is 11.0. The number of benzene rings is 2. The van der Waals surface area contributed by atoms with Crippen LogP contribution in [0.1, 0.15) is 31.0 Å². The van der Waals surface area contributed by atoms with E-state index in [0.29, 0.717) is 29.9 Å². The minimum absolute atomic E-state index is 0.0756. The molecular weight excluding hydrogens is 382 g/mol. The summed E-state index contributed by atoms with van der Waals surface area (Å²) in [5.74, 6) is 0.749. The third-order valence-corrected chi connectivity index (χ3v) is 5.54. The van der Waals surface area contributed by atoms with Gasteiger partial charge in [0.15, 0.2) is 5.16 Å². The predicted molar refractivity (Wildman–Crippen MR) is 118 cm³/mol. The summed E-state index contributed by atoms with van der Waals surface area (Å²) in [6, 6.07) is 20.5. The van der Waals surface area contributed by atoms with Gasteiger partial charge < -0.3 is 10.6 Å². The van der Waals surface area contributed by atoms with Gasteiger partial charge in [0.1, 0.15) is 0 Å². The lowest BCUT2D eigenvalue weighted by atomic mass is 10.1. The number of hydrogen-bond donors (Lipinski definition) is 1. The van der Waals surface area contributed by atoms with Gasteiger partial charge in [0, 0.05) is 19.1 Å². The van der Waals surface area contributed by atoms with Crippen molar-refractivity contribution in [3.05, 3.63) is 71.8 Å². The third kappa shape index (κ3) is 5.84. The summed E-state index contributed by atoms with van der Waals surface area (Å²) in [6.07, 6.45) is 0.819. The first-order valence-corrected chi connectivity index (χ1v) is 10.7. The van der Waals surface area contributed by atoms with Gasteiger partial charge in [0.2, 0.25) is 11.9 Å². The molecule has 7 heteroatoms. The van der Waals surface area contributed by atoms with Gasteiger partial charge in [-0.2, -0.15) is 0 Å². The number of carbonyl (C=O) groups is 1. The molecule has 0 unspecified atom stereocenters. The monoisotopic (exact) mass is 409 g/mol. The zero-order chi connectivity index (χ0) is 20.6. The van der Waals surface area contributed by atoms with Gasteiger partial charge in [0.05, 0.1) is 5.75 Å².